The molecule has 0 bridgehead atoms. The van der Waals surface area contributed by atoms with Crippen molar-refractivity contribution in [1.82, 2.24) is 14.5 Å². The van der Waals surface area contributed by atoms with Crippen LogP contribution in [0, 0.1) is 12.7 Å². The van der Waals surface area contributed by atoms with Crippen molar-refractivity contribution in [2.45, 2.75) is 32.7 Å². The number of pyridine rings is 1. The number of hydrogen-bond acceptors (Lipinski definition) is 5. The molecular weight excluding hydrogens is 437 g/mol. The van der Waals surface area contributed by atoms with E-state index in [1.165, 1.54) is 12.1 Å². The summed E-state index contributed by atoms with van der Waals surface area (Å²) in [7, 11) is 1.72. The summed E-state index contributed by atoms with van der Waals surface area (Å²) in [4.78, 5) is 21.9. The fraction of sp³-hybridized carbons (Fsp3) is 0.348. The van der Waals surface area contributed by atoms with Crippen molar-refractivity contribution in [1.29, 1.82) is 0 Å². The van der Waals surface area contributed by atoms with Crippen LogP contribution in [0.1, 0.15) is 48.5 Å². The van der Waals surface area contributed by atoms with Crippen molar-refractivity contribution in [2.24, 2.45) is 7.05 Å². The highest BCUT2D eigenvalue weighted by Crippen LogP contribution is 2.32. The van der Waals surface area contributed by atoms with Crippen LogP contribution < -0.4 is 10.9 Å². The second-order valence-corrected chi connectivity index (χ2v) is 8.90. The first-order valence-electron chi connectivity index (χ1n) is 10.3. The van der Waals surface area contributed by atoms with Gasteiger partial charge in [-0.1, -0.05) is 24.3 Å². The molecule has 0 saturated carbocycles. The van der Waals surface area contributed by atoms with Crippen LogP contribution in [0.5, 0.6) is 0 Å². The average molecular weight is 461 g/mol. The van der Waals surface area contributed by atoms with Gasteiger partial charge in [0.15, 0.2) is 0 Å². The molecule has 0 spiro atoms. The summed E-state index contributed by atoms with van der Waals surface area (Å²) in [5.74, 6) is 1.66. The van der Waals surface area contributed by atoms with E-state index in [4.69, 9.17) is 0 Å². The lowest BCUT2D eigenvalue weighted by molar-refractivity contribution is 0.146. The molecular formula is C23H23F3N4OS. The van der Waals surface area contributed by atoms with Gasteiger partial charge >= 0.3 is 0 Å². The predicted octanol–water partition coefficient (Wildman–Crippen LogP) is 5.41. The first kappa shape index (κ1) is 22.4. The summed E-state index contributed by atoms with van der Waals surface area (Å²) in [6.45, 7) is 3.33. The fourth-order valence-corrected chi connectivity index (χ4v) is 4.76. The van der Waals surface area contributed by atoms with Crippen molar-refractivity contribution in [3.05, 3.63) is 69.2 Å². The van der Waals surface area contributed by atoms with Crippen LogP contribution in [-0.2, 0) is 7.05 Å². The van der Waals surface area contributed by atoms with Gasteiger partial charge in [0, 0.05) is 24.1 Å². The number of anilines is 1. The molecule has 168 valence electrons. The Hall–Kier alpha value is -2.81. The zero-order valence-electron chi connectivity index (χ0n) is 18.0. The second kappa shape index (κ2) is 8.97. The summed E-state index contributed by atoms with van der Waals surface area (Å²) in [5.41, 5.74) is 1.34. The zero-order valence-corrected chi connectivity index (χ0v) is 18.8. The number of fused-ring (bicyclic) bond motifs is 1. The van der Waals surface area contributed by atoms with E-state index >= 15 is 0 Å². The topological polar surface area (TPSA) is 59.8 Å². The Morgan fingerprint density at radius 3 is 2.66 bits per heavy atom. The third kappa shape index (κ3) is 4.13. The van der Waals surface area contributed by atoms with Gasteiger partial charge in [-0.15, -0.1) is 0 Å². The lowest BCUT2D eigenvalue weighted by Gasteiger charge is -2.20. The minimum absolute atomic E-state index is 0.100. The normalized spacial score (nSPS) is 15.2. The number of thioether (sulfide) groups is 1. The lowest BCUT2D eigenvalue weighted by atomic mass is 10.0. The number of hydrogen-bond donors (Lipinski definition) is 1. The number of nitrogens with zero attached hydrogens (tertiary/aromatic N) is 3. The number of benzene rings is 1. The Labute approximate surface area is 187 Å². The molecule has 0 amide bonds. The average Bonchev–Trinajstić information content (AvgIpc) is 2.77. The summed E-state index contributed by atoms with van der Waals surface area (Å²) < 4.78 is 42.5. The van der Waals surface area contributed by atoms with Crippen molar-refractivity contribution in [3.8, 4) is 0 Å². The molecule has 2 aromatic heterocycles. The Bertz CT molecular complexity index is 1270. The number of halogens is 3. The van der Waals surface area contributed by atoms with E-state index in [0.29, 0.717) is 17.0 Å². The first-order chi connectivity index (χ1) is 15.3. The molecule has 1 N–H and O–H groups in total. The zero-order chi connectivity index (χ0) is 23.0. The predicted molar refractivity (Wildman–Crippen MR) is 123 cm³/mol. The molecule has 1 aliphatic rings. The van der Waals surface area contributed by atoms with Crippen LogP contribution >= 0.6 is 11.8 Å². The molecule has 0 saturated heterocycles. The fourth-order valence-electron chi connectivity index (χ4n) is 3.91. The maximum absolute atomic E-state index is 14.7. The van der Waals surface area contributed by atoms with Gasteiger partial charge in [0.1, 0.15) is 23.0 Å². The largest absolute Gasteiger partial charge is 0.363 e. The van der Waals surface area contributed by atoms with E-state index in [2.05, 4.69) is 21.4 Å². The van der Waals surface area contributed by atoms with Gasteiger partial charge in [-0.3, -0.25) is 4.79 Å². The maximum atomic E-state index is 14.7. The van der Waals surface area contributed by atoms with E-state index in [0.717, 1.165) is 35.3 Å². The molecule has 1 aromatic carbocycles. The van der Waals surface area contributed by atoms with Gasteiger partial charge in [-0.25, -0.2) is 23.1 Å². The molecule has 0 fully saturated rings. The summed E-state index contributed by atoms with van der Waals surface area (Å²) in [6.07, 6.45) is 0.0583. The van der Waals surface area contributed by atoms with E-state index in [1.54, 1.807) is 25.5 Å². The van der Waals surface area contributed by atoms with E-state index in [-0.39, 0.29) is 16.6 Å². The maximum Gasteiger partial charge on any atom is 0.277 e. The monoisotopic (exact) mass is 460 g/mol. The number of rotatable bonds is 5. The van der Waals surface area contributed by atoms with Gasteiger partial charge in [-0.05, 0) is 37.7 Å². The Kier molecular flexibility index (Phi) is 6.28. The van der Waals surface area contributed by atoms with Crippen LogP contribution in [0.3, 0.4) is 0 Å². The molecule has 1 atom stereocenters. The third-order valence-corrected chi connectivity index (χ3v) is 6.51. The number of aromatic nitrogens is 3. The van der Waals surface area contributed by atoms with Crippen molar-refractivity contribution < 1.29 is 13.2 Å². The first-order valence-corrected chi connectivity index (χ1v) is 11.4. The van der Waals surface area contributed by atoms with E-state index in [9.17, 15) is 18.0 Å². The molecule has 5 nitrogen and oxygen atoms in total. The minimum atomic E-state index is -2.91. The number of nitrogens with one attached hydrogen (secondary N) is 1. The van der Waals surface area contributed by atoms with Crippen LogP contribution in [0.2, 0.25) is 0 Å². The molecule has 1 aliphatic heterocycles. The van der Waals surface area contributed by atoms with E-state index < -0.39 is 23.8 Å². The van der Waals surface area contributed by atoms with Crippen molar-refractivity contribution in [2.75, 3.05) is 16.8 Å². The Morgan fingerprint density at radius 1 is 1.22 bits per heavy atom. The van der Waals surface area contributed by atoms with Gasteiger partial charge < -0.3 is 9.88 Å². The molecule has 0 radical (unpaired) electrons. The minimum Gasteiger partial charge on any atom is -0.363 e. The summed E-state index contributed by atoms with van der Waals surface area (Å²) in [5, 5.41) is 3.64. The standard InChI is InChI=1S/C23H23F3N4OS/c1-12(15-5-4-6-16(19(15)24)21(25)26)27-22-17-11-18(14-7-9-32-10-8-14)30(3)23(31)20(17)28-13(2)29-22/h4-7,11-12,21H,8-10H2,1-3H3,(H,27,28,29)/t12-/m1/s1. The highest BCUT2D eigenvalue weighted by atomic mass is 32.2. The summed E-state index contributed by atoms with van der Waals surface area (Å²) >= 11 is 1.83. The quantitative estimate of drug-likeness (QED) is 0.552. The van der Waals surface area contributed by atoms with Crippen LogP contribution in [-0.4, -0.2) is 26.0 Å². The number of aryl methyl sites for hydroxylation is 1. The van der Waals surface area contributed by atoms with Crippen molar-refractivity contribution in [3.63, 3.8) is 0 Å². The highest BCUT2D eigenvalue weighted by Gasteiger charge is 2.22. The molecule has 3 heterocycles. The van der Waals surface area contributed by atoms with Crippen LogP contribution in [0.15, 0.2) is 35.1 Å². The van der Waals surface area contributed by atoms with Crippen LogP contribution in [0.4, 0.5) is 19.0 Å². The van der Waals surface area contributed by atoms with Crippen LogP contribution in [0.25, 0.3) is 16.5 Å². The smallest absolute Gasteiger partial charge is 0.277 e. The third-order valence-electron chi connectivity index (χ3n) is 5.61. The van der Waals surface area contributed by atoms with Gasteiger partial charge in [-0.2, -0.15) is 11.8 Å². The van der Waals surface area contributed by atoms with E-state index in [1.807, 2.05) is 17.8 Å². The molecule has 3 aromatic rings. The van der Waals surface area contributed by atoms with Gasteiger partial charge in [0.2, 0.25) is 0 Å². The number of allylic oxidation sites excluding steroid dienone is 1. The Morgan fingerprint density at radius 2 is 1.97 bits per heavy atom. The van der Waals surface area contributed by atoms with Gasteiger partial charge in [0.05, 0.1) is 17.0 Å². The van der Waals surface area contributed by atoms with Gasteiger partial charge in [0.25, 0.3) is 12.0 Å². The lowest BCUT2D eigenvalue weighted by Crippen LogP contribution is -2.23. The SMILES string of the molecule is Cc1nc(N[C@H](C)c2cccc(C(F)F)c2F)c2cc(C3=CCSCC3)n(C)c(=O)c2n1. The highest BCUT2D eigenvalue weighted by molar-refractivity contribution is 7.99. The molecule has 0 unspecified atom stereocenters. The number of alkyl halides is 2. The Balaban J connectivity index is 1.82. The molecule has 32 heavy (non-hydrogen) atoms. The molecule has 9 heteroatoms. The van der Waals surface area contributed by atoms with Crippen molar-refractivity contribution >= 4 is 34.1 Å². The summed E-state index contributed by atoms with van der Waals surface area (Å²) in [6, 6.07) is 5.16. The molecule has 4 rings (SSSR count). The second-order valence-electron chi connectivity index (χ2n) is 7.75. The molecule has 0 aliphatic carbocycles.